The molecule has 9 heteroatoms. The molecule has 0 spiro atoms. The summed E-state index contributed by atoms with van der Waals surface area (Å²) in [5, 5.41) is 15.3. The third kappa shape index (κ3) is 3.37. The van der Waals surface area contributed by atoms with Crippen LogP contribution in [0.2, 0.25) is 0 Å². The van der Waals surface area contributed by atoms with E-state index in [9.17, 15) is 18.5 Å². The van der Waals surface area contributed by atoms with Crippen LogP contribution in [0.25, 0.3) is 17.0 Å². The molecule has 0 saturated carbocycles. The van der Waals surface area contributed by atoms with Crippen LogP contribution in [0.5, 0.6) is 0 Å². The summed E-state index contributed by atoms with van der Waals surface area (Å²) in [6.07, 6.45) is 1.57. The normalized spacial score (nSPS) is 13.6. The maximum Gasteiger partial charge on any atom is 0.317 e. The molecule has 8 nitrogen and oxygen atoms in total. The molecule has 27 heavy (non-hydrogen) atoms. The summed E-state index contributed by atoms with van der Waals surface area (Å²) in [4.78, 5) is 14.3. The van der Waals surface area contributed by atoms with Crippen molar-refractivity contribution in [3.63, 3.8) is 0 Å². The molecule has 0 radical (unpaired) electrons. The lowest BCUT2D eigenvalue weighted by Crippen LogP contribution is -2.36. The zero-order valence-corrected chi connectivity index (χ0v) is 14.7. The second-order valence-corrected chi connectivity index (χ2v) is 7.41. The van der Waals surface area contributed by atoms with Gasteiger partial charge in [0.05, 0.1) is 15.2 Å². The number of benzene rings is 3. The zero-order valence-electron chi connectivity index (χ0n) is 13.8. The van der Waals surface area contributed by atoms with E-state index in [-0.39, 0.29) is 17.3 Å². The average molecular weight is 383 g/mol. The van der Waals surface area contributed by atoms with E-state index < -0.39 is 15.0 Å². The highest BCUT2D eigenvalue weighted by Gasteiger charge is 2.21. The lowest BCUT2D eigenvalue weighted by Gasteiger charge is -2.19. The number of rotatable bonds is 4. The van der Waals surface area contributed by atoms with Gasteiger partial charge in [0.2, 0.25) is 0 Å². The highest BCUT2D eigenvalue weighted by atomic mass is 32.2. The minimum absolute atomic E-state index is 0.0115. The van der Waals surface area contributed by atoms with Gasteiger partial charge in [-0.25, -0.2) is 5.06 Å². The van der Waals surface area contributed by atoms with E-state index in [1.165, 1.54) is 0 Å². The molecule has 136 valence electrons. The number of nitrogens with zero attached hydrogens (tertiary/aromatic N) is 3. The summed E-state index contributed by atoms with van der Waals surface area (Å²) in [6.45, 7) is 0.0115. The topological polar surface area (TPSA) is 102 Å². The van der Waals surface area contributed by atoms with Crippen molar-refractivity contribution >= 4 is 32.8 Å². The molecule has 0 N–H and O–H groups in total. The van der Waals surface area contributed by atoms with Crippen LogP contribution in [0, 0.1) is 10.1 Å². The van der Waals surface area contributed by atoms with Crippen molar-refractivity contribution in [2.24, 2.45) is 4.99 Å². The fraction of sp³-hybridized carbons (Fsp3) is 0.0556. The Balaban J connectivity index is 1.64. The molecule has 0 saturated heterocycles. The summed E-state index contributed by atoms with van der Waals surface area (Å²) >= 11 is 0. The van der Waals surface area contributed by atoms with Gasteiger partial charge in [-0.3, -0.25) is 15.1 Å². The van der Waals surface area contributed by atoms with Crippen LogP contribution in [-0.2, 0) is 14.4 Å². The van der Waals surface area contributed by atoms with Crippen molar-refractivity contribution in [1.29, 1.82) is 0 Å². The molecule has 0 aromatic heterocycles. The Labute approximate surface area is 153 Å². The molecular formula is C18H13N3O5S. The molecule has 0 unspecified atom stereocenters. The highest BCUT2D eigenvalue weighted by molar-refractivity contribution is 7.86. The fourth-order valence-corrected chi connectivity index (χ4v) is 3.67. The Bertz CT molecular complexity index is 1270. The Morgan fingerprint density at radius 2 is 1.70 bits per heavy atom. The standard InChI is InChI=1S/C18H13N3O5S/c22-21(23)16-5-7-17(8-6-16)27(24,25)26-20-11-15-9-13-3-1-2-4-14(13)10-18(15)19-12-20/h1-11H,12H2. The molecule has 3 aromatic carbocycles. The van der Waals surface area contributed by atoms with Crippen LogP contribution in [0.15, 0.2) is 70.6 Å². The monoisotopic (exact) mass is 383 g/mol. The number of non-ortho nitro benzene ring substituents is 1. The SMILES string of the molecule is O=[N+]([O-])c1ccc(S(=O)(=O)ON2C=c3cc4ccccc4cc3=NC2)cc1. The average Bonchev–Trinajstić information content (AvgIpc) is 2.66. The van der Waals surface area contributed by atoms with Crippen molar-refractivity contribution in [1.82, 2.24) is 5.06 Å². The number of fused-ring (bicyclic) bond motifs is 2. The van der Waals surface area contributed by atoms with Crippen LogP contribution in [0.3, 0.4) is 0 Å². The summed E-state index contributed by atoms with van der Waals surface area (Å²) in [5.74, 6) is 0. The van der Waals surface area contributed by atoms with Crippen molar-refractivity contribution < 1.29 is 17.6 Å². The molecule has 0 atom stereocenters. The molecule has 0 amide bonds. The Morgan fingerprint density at radius 3 is 2.37 bits per heavy atom. The fourth-order valence-electron chi connectivity index (χ4n) is 2.78. The first-order chi connectivity index (χ1) is 12.9. The van der Waals surface area contributed by atoms with E-state index in [4.69, 9.17) is 4.28 Å². The molecule has 1 heterocycles. The van der Waals surface area contributed by atoms with Gasteiger partial charge in [-0.05, 0) is 35.0 Å². The van der Waals surface area contributed by atoms with Crippen LogP contribution >= 0.6 is 0 Å². The van der Waals surface area contributed by atoms with Crippen molar-refractivity contribution in [3.05, 3.63) is 81.4 Å². The van der Waals surface area contributed by atoms with Crippen LogP contribution in [0.4, 0.5) is 5.69 Å². The molecule has 3 aromatic rings. The highest BCUT2D eigenvalue weighted by Crippen LogP contribution is 2.19. The van der Waals surface area contributed by atoms with Crippen LogP contribution in [0.1, 0.15) is 0 Å². The molecule has 0 aliphatic carbocycles. The molecule has 4 rings (SSSR count). The first-order valence-corrected chi connectivity index (χ1v) is 9.34. The summed E-state index contributed by atoms with van der Waals surface area (Å²) in [6, 6.07) is 16.1. The van der Waals surface area contributed by atoms with E-state index >= 15 is 0 Å². The Kier molecular flexibility index (Phi) is 4.09. The van der Waals surface area contributed by atoms with Crippen LogP contribution < -0.4 is 10.6 Å². The van der Waals surface area contributed by atoms with Gasteiger partial charge in [-0.1, -0.05) is 24.3 Å². The van der Waals surface area contributed by atoms with Gasteiger partial charge >= 0.3 is 10.1 Å². The van der Waals surface area contributed by atoms with Crippen molar-refractivity contribution in [3.8, 4) is 0 Å². The van der Waals surface area contributed by atoms with Crippen molar-refractivity contribution in [2.75, 3.05) is 6.67 Å². The summed E-state index contributed by atoms with van der Waals surface area (Å²) < 4.78 is 29.9. The van der Waals surface area contributed by atoms with Gasteiger partial charge in [0.25, 0.3) is 5.69 Å². The number of nitro benzene ring substituents is 1. The van der Waals surface area contributed by atoms with Gasteiger partial charge in [0.15, 0.2) is 0 Å². The Hall–Kier alpha value is -3.30. The van der Waals surface area contributed by atoms with E-state index in [1.807, 2.05) is 36.4 Å². The Morgan fingerprint density at radius 1 is 1.04 bits per heavy atom. The molecular weight excluding hydrogens is 370 g/mol. The first kappa shape index (κ1) is 17.1. The molecule has 0 fully saturated rings. The van der Waals surface area contributed by atoms with Gasteiger partial charge in [0, 0.05) is 23.6 Å². The smallest absolute Gasteiger partial charge is 0.261 e. The quantitative estimate of drug-likeness (QED) is 0.502. The first-order valence-electron chi connectivity index (χ1n) is 7.93. The second-order valence-electron chi connectivity index (χ2n) is 5.88. The maximum atomic E-state index is 12.4. The van der Waals surface area contributed by atoms with Gasteiger partial charge in [-0.15, -0.1) is 4.28 Å². The number of hydroxylamine groups is 2. The number of nitro groups is 1. The van der Waals surface area contributed by atoms with E-state index in [0.717, 1.165) is 50.7 Å². The predicted octanol–water partition coefficient (Wildman–Crippen LogP) is 1.70. The van der Waals surface area contributed by atoms with Gasteiger partial charge < -0.3 is 0 Å². The summed E-state index contributed by atoms with van der Waals surface area (Å²) in [5.41, 5.74) is -0.200. The van der Waals surface area contributed by atoms with Crippen LogP contribution in [-0.4, -0.2) is 25.1 Å². The number of hydrogen-bond donors (Lipinski definition) is 0. The minimum Gasteiger partial charge on any atom is -0.261 e. The van der Waals surface area contributed by atoms with E-state index in [2.05, 4.69) is 4.99 Å². The molecule has 0 bridgehead atoms. The lowest BCUT2D eigenvalue weighted by atomic mass is 10.1. The van der Waals surface area contributed by atoms with E-state index in [0.29, 0.717) is 0 Å². The summed E-state index contributed by atoms with van der Waals surface area (Å²) in [7, 11) is -4.14. The minimum atomic E-state index is -4.14. The molecule has 1 aliphatic rings. The third-order valence-electron chi connectivity index (χ3n) is 4.09. The second kappa shape index (κ2) is 6.45. The van der Waals surface area contributed by atoms with E-state index in [1.54, 1.807) is 6.20 Å². The zero-order chi connectivity index (χ0) is 19.0. The molecule has 1 aliphatic heterocycles. The lowest BCUT2D eigenvalue weighted by molar-refractivity contribution is -0.384. The van der Waals surface area contributed by atoms with Crippen molar-refractivity contribution in [2.45, 2.75) is 4.90 Å². The maximum absolute atomic E-state index is 12.4. The third-order valence-corrected chi connectivity index (χ3v) is 5.33. The number of hydrogen-bond acceptors (Lipinski definition) is 7. The van der Waals surface area contributed by atoms with Gasteiger partial charge in [-0.2, -0.15) is 8.42 Å². The predicted molar refractivity (Wildman–Crippen MR) is 97.3 cm³/mol. The van der Waals surface area contributed by atoms with Gasteiger partial charge in [0.1, 0.15) is 6.67 Å². The largest absolute Gasteiger partial charge is 0.317 e.